The summed E-state index contributed by atoms with van der Waals surface area (Å²) in [5.74, 6) is 1.35. The molecule has 2 aliphatic carbocycles. The summed E-state index contributed by atoms with van der Waals surface area (Å²) in [5, 5.41) is 2.27. The fourth-order valence-corrected chi connectivity index (χ4v) is 9.82. The van der Waals surface area contributed by atoms with E-state index in [0.29, 0.717) is 0 Å². The van der Waals surface area contributed by atoms with Gasteiger partial charge in [-0.3, -0.25) is 0 Å². The molecule has 6 rings (SSSR count). The average molecular weight is 683 g/mol. The quantitative estimate of drug-likeness (QED) is 0.0917. The van der Waals surface area contributed by atoms with Crippen LogP contribution in [0.1, 0.15) is 81.2 Å². The van der Waals surface area contributed by atoms with Gasteiger partial charge in [0, 0.05) is 40.1 Å². The summed E-state index contributed by atoms with van der Waals surface area (Å²) < 4.78 is 0. The molecule has 0 atom stereocenters. The minimum Gasteiger partial charge on any atom is -0.143 e. The molecule has 0 aromatic carbocycles. The van der Waals surface area contributed by atoms with Crippen LogP contribution in [0.15, 0.2) is 41.8 Å². The van der Waals surface area contributed by atoms with Crippen LogP contribution >= 0.6 is 45.3 Å². The first kappa shape index (κ1) is 35.2. The Morgan fingerprint density at radius 2 is 1.02 bits per heavy atom. The normalized spacial score (nSPS) is 15.0. The average Bonchev–Trinajstić information content (AvgIpc) is 3.85. The predicted molar refractivity (Wildman–Crippen MR) is 191 cm³/mol. The molecule has 5 heteroatoms. The van der Waals surface area contributed by atoms with Crippen molar-refractivity contribution >= 4 is 45.3 Å². The first-order valence-corrected chi connectivity index (χ1v) is 18.9. The monoisotopic (exact) mass is 682 g/mol. The van der Waals surface area contributed by atoms with Crippen LogP contribution in [0.4, 0.5) is 0 Å². The van der Waals surface area contributed by atoms with Gasteiger partial charge in [0.1, 0.15) is 0 Å². The van der Waals surface area contributed by atoms with Crippen LogP contribution in [-0.2, 0) is 29.9 Å². The molecule has 0 nitrogen and oxygen atoms in total. The van der Waals surface area contributed by atoms with Gasteiger partial charge < -0.3 is 0 Å². The Kier molecular flexibility index (Phi) is 15.6. The zero-order chi connectivity index (χ0) is 29.0. The van der Waals surface area contributed by atoms with Gasteiger partial charge in [-0.15, -0.1) is 45.3 Å². The molecule has 0 N–H and O–H groups in total. The second-order valence-corrected chi connectivity index (χ2v) is 15.0. The molecule has 4 aromatic heterocycles. The van der Waals surface area contributed by atoms with Crippen molar-refractivity contribution in [3.8, 4) is 29.3 Å². The summed E-state index contributed by atoms with van der Waals surface area (Å²) in [5.41, 5.74) is 3.07. The standard InChI is InChI=1S/C33H37S4.C5H5.Fe/c1-3-5-7-9-15-25-21-22-34-32(25)29-19-17-27(35-29)28-18-20-30(36-28)33-26(16-10-8-6-4-2)23-31(37-33)24-13-11-12-14-24;1-2-4-5-3-1;/h11-14,17-23H,3-10,15-16H2,1-2H3;1-5H;/q;;+2. The van der Waals surface area contributed by atoms with E-state index in [1.165, 1.54) is 115 Å². The van der Waals surface area contributed by atoms with E-state index in [1.807, 2.05) is 77.5 Å². The summed E-state index contributed by atoms with van der Waals surface area (Å²) in [6.07, 6.45) is 31.7. The van der Waals surface area contributed by atoms with E-state index in [4.69, 9.17) is 0 Å². The van der Waals surface area contributed by atoms with Crippen molar-refractivity contribution in [3.63, 3.8) is 0 Å². The summed E-state index contributed by atoms with van der Waals surface area (Å²) in [4.78, 5) is 10.0. The van der Waals surface area contributed by atoms with Crippen molar-refractivity contribution in [3.05, 3.63) is 121 Å². The van der Waals surface area contributed by atoms with Gasteiger partial charge in [-0.05, 0) is 136 Å². The number of aryl methyl sites for hydroxylation is 2. The van der Waals surface area contributed by atoms with Crippen LogP contribution in [0, 0.1) is 63.7 Å². The maximum absolute atomic E-state index is 2.46. The zero-order valence-corrected chi connectivity index (χ0v) is 29.7. The third-order valence-electron chi connectivity index (χ3n) is 7.56. The number of hydrogen-bond acceptors (Lipinski definition) is 4. The van der Waals surface area contributed by atoms with Crippen molar-refractivity contribution in [2.24, 2.45) is 0 Å². The molecule has 0 saturated heterocycles. The summed E-state index contributed by atoms with van der Waals surface area (Å²) in [6, 6.07) is 14.2. The number of hydrogen-bond donors (Lipinski definition) is 0. The van der Waals surface area contributed by atoms with E-state index in [-0.39, 0.29) is 17.1 Å². The second kappa shape index (κ2) is 19.1. The molecular weight excluding hydrogens is 641 g/mol. The van der Waals surface area contributed by atoms with E-state index >= 15 is 0 Å². The Labute approximate surface area is 289 Å². The summed E-state index contributed by atoms with van der Waals surface area (Å²) in [6.45, 7) is 4.58. The minimum atomic E-state index is 0. The molecule has 4 heterocycles. The van der Waals surface area contributed by atoms with Crippen molar-refractivity contribution in [2.45, 2.75) is 78.1 Å². The van der Waals surface area contributed by atoms with Gasteiger partial charge in [-0.25, -0.2) is 0 Å². The fraction of sp³-hybridized carbons (Fsp3) is 0.316. The Morgan fingerprint density at radius 3 is 1.60 bits per heavy atom. The number of unbranched alkanes of at least 4 members (excludes halogenated alkanes) is 6. The molecule has 4 aromatic rings. The van der Waals surface area contributed by atoms with Gasteiger partial charge in [0.2, 0.25) is 0 Å². The van der Waals surface area contributed by atoms with Crippen molar-refractivity contribution < 1.29 is 17.1 Å². The molecule has 43 heavy (non-hydrogen) atoms. The van der Waals surface area contributed by atoms with Gasteiger partial charge in [-0.1, -0.05) is 52.4 Å². The summed E-state index contributed by atoms with van der Waals surface area (Å²) >= 11 is 7.81. The van der Waals surface area contributed by atoms with Crippen molar-refractivity contribution in [1.82, 2.24) is 0 Å². The van der Waals surface area contributed by atoms with E-state index in [1.54, 1.807) is 0 Å². The largest absolute Gasteiger partial charge is 2.00 e. The maximum Gasteiger partial charge on any atom is 2.00 e. The van der Waals surface area contributed by atoms with Gasteiger partial charge >= 0.3 is 17.1 Å². The second-order valence-electron chi connectivity index (χ2n) is 10.8. The topological polar surface area (TPSA) is 0 Å². The fourth-order valence-electron chi connectivity index (χ4n) is 5.24. The molecule has 0 aliphatic heterocycles. The Morgan fingerprint density at radius 1 is 0.488 bits per heavy atom. The molecule has 0 spiro atoms. The molecule has 0 amide bonds. The molecule has 10 radical (unpaired) electrons. The van der Waals surface area contributed by atoms with Crippen LogP contribution in [0.25, 0.3) is 29.3 Å². The van der Waals surface area contributed by atoms with Crippen LogP contribution in [0.5, 0.6) is 0 Å². The predicted octanol–water partition coefficient (Wildman–Crippen LogP) is 13.0. The van der Waals surface area contributed by atoms with Crippen LogP contribution < -0.4 is 0 Å². The molecule has 2 fully saturated rings. The van der Waals surface area contributed by atoms with E-state index in [9.17, 15) is 0 Å². The molecule has 2 aliphatic rings. The first-order valence-electron chi connectivity index (χ1n) is 15.6. The first-order chi connectivity index (χ1) is 20.8. The van der Waals surface area contributed by atoms with E-state index in [2.05, 4.69) is 81.3 Å². The molecule has 224 valence electrons. The van der Waals surface area contributed by atoms with Crippen molar-refractivity contribution in [1.29, 1.82) is 0 Å². The molecule has 2 saturated carbocycles. The van der Waals surface area contributed by atoms with Crippen LogP contribution in [0.2, 0.25) is 0 Å². The van der Waals surface area contributed by atoms with E-state index in [0.717, 1.165) is 0 Å². The summed E-state index contributed by atoms with van der Waals surface area (Å²) in [7, 11) is 0. The third-order valence-corrected chi connectivity index (χ3v) is 12.5. The van der Waals surface area contributed by atoms with E-state index < -0.39 is 0 Å². The molecular formula is C38H42FeS4+2. The SMILES string of the molecule is CCCCCCc1ccsc1-c1ccc(-c2ccc(-c3sc([C]4[CH][CH][CH][CH]4)cc3CCCCCC)s2)s1.[CH]1[CH][CH][CH][CH]1.[Fe+2]. The van der Waals surface area contributed by atoms with Gasteiger partial charge in [-0.2, -0.15) is 0 Å². The van der Waals surface area contributed by atoms with Gasteiger partial charge in [0.25, 0.3) is 0 Å². The Bertz CT molecular complexity index is 1300. The number of thiophene rings is 4. The van der Waals surface area contributed by atoms with Gasteiger partial charge in [0.15, 0.2) is 0 Å². The molecule has 0 bridgehead atoms. The third kappa shape index (κ3) is 10.2. The van der Waals surface area contributed by atoms with Crippen molar-refractivity contribution in [2.75, 3.05) is 0 Å². The number of rotatable bonds is 14. The Hall–Kier alpha value is -0.681. The van der Waals surface area contributed by atoms with Crippen LogP contribution in [0.3, 0.4) is 0 Å². The zero-order valence-electron chi connectivity index (χ0n) is 25.3. The smallest absolute Gasteiger partial charge is 0.143 e. The minimum absolute atomic E-state index is 0. The van der Waals surface area contributed by atoms with Gasteiger partial charge in [0.05, 0.1) is 0 Å². The maximum atomic E-state index is 2.46. The Balaban J connectivity index is 0.000000641. The van der Waals surface area contributed by atoms with Crippen LogP contribution in [-0.4, -0.2) is 0 Å². The molecule has 0 unspecified atom stereocenters.